The van der Waals surface area contributed by atoms with Crippen molar-refractivity contribution in [1.82, 2.24) is 9.55 Å². The summed E-state index contributed by atoms with van der Waals surface area (Å²) in [7, 11) is 0. The van der Waals surface area contributed by atoms with Crippen LogP contribution < -0.4 is 5.32 Å². The van der Waals surface area contributed by atoms with Gasteiger partial charge in [-0.15, -0.1) is 6.42 Å². The molecule has 1 aromatic carbocycles. The van der Waals surface area contributed by atoms with Crippen molar-refractivity contribution in [2.45, 2.75) is 20.4 Å². The highest BCUT2D eigenvalue weighted by Crippen LogP contribution is 2.29. The zero-order chi connectivity index (χ0) is 16.4. The zero-order valence-electron chi connectivity index (χ0n) is 13.1. The Morgan fingerprint density at radius 3 is 2.70 bits per heavy atom. The van der Waals surface area contributed by atoms with E-state index < -0.39 is 0 Å². The van der Waals surface area contributed by atoms with Crippen molar-refractivity contribution in [2.24, 2.45) is 0 Å². The summed E-state index contributed by atoms with van der Waals surface area (Å²) >= 11 is 0. The van der Waals surface area contributed by atoms with E-state index in [9.17, 15) is 4.79 Å². The second-order valence-corrected chi connectivity index (χ2v) is 5.38. The molecule has 0 aliphatic rings. The zero-order valence-corrected chi connectivity index (χ0v) is 13.1. The number of fused-ring (bicyclic) bond motifs is 1. The smallest absolute Gasteiger partial charge is 0.256 e. The van der Waals surface area contributed by atoms with Gasteiger partial charge in [-0.05, 0) is 37.6 Å². The molecule has 1 N–H and O–H groups in total. The molecule has 2 heterocycles. The van der Waals surface area contributed by atoms with E-state index in [4.69, 9.17) is 6.42 Å². The molecule has 4 heteroatoms. The Morgan fingerprint density at radius 2 is 2.00 bits per heavy atom. The fraction of sp³-hybridized carbons (Fsp3) is 0.158. The number of terminal acetylenes is 1. The molecule has 0 spiro atoms. The quantitative estimate of drug-likeness (QED) is 0.752. The molecule has 0 unspecified atom stereocenters. The molecule has 2 aromatic heterocycles. The van der Waals surface area contributed by atoms with Gasteiger partial charge in [0.15, 0.2) is 5.82 Å². The summed E-state index contributed by atoms with van der Waals surface area (Å²) in [5.41, 5.74) is 3.69. The minimum Gasteiger partial charge on any atom is -0.330 e. The van der Waals surface area contributed by atoms with E-state index in [0.717, 1.165) is 22.2 Å². The normalized spacial score (nSPS) is 10.5. The Kier molecular flexibility index (Phi) is 3.86. The number of carbonyl (C=O) groups excluding carboxylic acids is 1. The topological polar surface area (TPSA) is 46.9 Å². The lowest BCUT2D eigenvalue weighted by atomic mass is 10.2. The highest BCUT2D eigenvalue weighted by atomic mass is 16.1. The van der Waals surface area contributed by atoms with Gasteiger partial charge < -0.3 is 9.88 Å². The molecule has 3 rings (SSSR count). The second-order valence-electron chi connectivity index (χ2n) is 5.38. The molecule has 0 radical (unpaired) electrons. The first-order chi connectivity index (χ1) is 11.1. The highest BCUT2D eigenvalue weighted by molar-refractivity contribution is 6.08. The molecule has 0 saturated carbocycles. The molecule has 1 amide bonds. The predicted molar refractivity (Wildman–Crippen MR) is 92.4 cm³/mol. The van der Waals surface area contributed by atoms with E-state index in [2.05, 4.69) is 16.2 Å². The first kappa shape index (κ1) is 14.9. The fourth-order valence-corrected chi connectivity index (χ4v) is 2.74. The van der Waals surface area contributed by atoms with Gasteiger partial charge >= 0.3 is 0 Å². The third-order valence-corrected chi connectivity index (χ3v) is 4.06. The van der Waals surface area contributed by atoms with Gasteiger partial charge in [0.25, 0.3) is 5.91 Å². The van der Waals surface area contributed by atoms with Crippen LogP contribution in [-0.4, -0.2) is 15.5 Å². The average molecular weight is 303 g/mol. The molecule has 4 nitrogen and oxygen atoms in total. The van der Waals surface area contributed by atoms with E-state index in [1.807, 2.05) is 42.7 Å². The lowest BCUT2D eigenvalue weighted by molar-refractivity contribution is 0.102. The number of pyridine rings is 1. The molecule has 0 atom stereocenters. The number of amides is 1. The van der Waals surface area contributed by atoms with E-state index in [1.54, 1.807) is 18.3 Å². The van der Waals surface area contributed by atoms with Crippen LogP contribution in [0.3, 0.4) is 0 Å². The van der Waals surface area contributed by atoms with Crippen LogP contribution in [-0.2, 0) is 6.54 Å². The molecule has 23 heavy (non-hydrogen) atoms. The number of hydrogen-bond acceptors (Lipinski definition) is 2. The van der Waals surface area contributed by atoms with Crippen molar-refractivity contribution in [2.75, 3.05) is 5.32 Å². The first-order valence-electron chi connectivity index (χ1n) is 7.37. The van der Waals surface area contributed by atoms with Crippen LogP contribution in [0, 0.1) is 26.2 Å². The maximum absolute atomic E-state index is 12.4. The number of hydrogen-bond donors (Lipinski definition) is 1. The molecule has 3 aromatic rings. The van der Waals surface area contributed by atoms with Gasteiger partial charge in [-0.3, -0.25) is 4.79 Å². The average Bonchev–Trinajstić information content (AvgIpc) is 2.82. The van der Waals surface area contributed by atoms with E-state index in [1.165, 1.54) is 0 Å². The van der Waals surface area contributed by atoms with Crippen LogP contribution in [0.25, 0.3) is 10.9 Å². The Hall–Kier alpha value is -3.06. The summed E-state index contributed by atoms with van der Waals surface area (Å²) in [6, 6.07) is 11.0. The van der Waals surface area contributed by atoms with Crippen molar-refractivity contribution in [1.29, 1.82) is 0 Å². The number of nitrogens with zero attached hydrogens (tertiary/aromatic N) is 2. The lowest BCUT2D eigenvalue weighted by Gasteiger charge is -2.09. The molecule has 0 aliphatic carbocycles. The number of benzene rings is 1. The molecule has 0 aliphatic heterocycles. The van der Waals surface area contributed by atoms with Crippen molar-refractivity contribution >= 4 is 22.6 Å². The summed E-state index contributed by atoms with van der Waals surface area (Å²) in [6.45, 7) is 4.51. The van der Waals surface area contributed by atoms with E-state index >= 15 is 0 Å². The second kappa shape index (κ2) is 5.98. The van der Waals surface area contributed by atoms with Gasteiger partial charge in [0, 0.05) is 22.8 Å². The van der Waals surface area contributed by atoms with Crippen molar-refractivity contribution < 1.29 is 4.79 Å². The van der Waals surface area contributed by atoms with Crippen LogP contribution in [0.4, 0.5) is 5.82 Å². The number of rotatable bonds is 3. The lowest BCUT2D eigenvalue weighted by Crippen LogP contribution is -2.14. The number of aryl methyl sites for hydroxylation is 1. The van der Waals surface area contributed by atoms with Gasteiger partial charge in [0.2, 0.25) is 0 Å². The van der Waals surface area contributed by atoms with Crippen molar-refractivity contribution in [3.05, 3.63) is 59.4 Å². The maximum Gasteiger partial charge on any atom is 0.256 e. The third-order valence-electron chi connectivity index (χ3n) is 4.06. The van der Waals surface area contributed by atoms with Crippen molar-refractivity contribution in [3.8, 4) is 12.3 Å². The van der Waals surface area contributed by atoms with Gasteiger partial charge in [-0.1, -0.05) is 24.1 Å². The monoisotopic (exact) mass is 303 g/mol. The standard InChI is InChI=1S/C19H17N3O/c1-4-12-22-14(3)13(2)16-10-11-20-18(17(16)22)21-19(23)15-8-6-5-7-9-15/h1,5-11H,12H2,2-3H3,(H,20,21,23). The minimum atomic E-state index is -0.186. The number of anilines is 1. The van der Waals surface area contributed by atoms with E-state index in [0.29, 0.717) is 17.9 Å². The van der Waals surface area contributed by atoms with Gasteiger partial charge in [0.1, 0.15) is 0 Å². The summed E-state index contributed by atoms with van der Waals surface area (Å²) in [4.78, 5) is 16.8. The highest BCUT2D eigenvalue weighted by Gasteiger charge is 2.16. The number of nitrogens with one attached hydrogen (secondary N) is 1. The molecule has 0 saturated heterocycles. The molecule has 0 bridgehead atoms. The van der Waals surface area contributed by atoms with Gasteiger partial charge in [-0.2, -0.15) is 0 Å². The Morgan fingerprint density at radius 1 is 1.26 bits per heavy atom. The van der Waals surface area contributed by atoms with Crippen LogP contribution in [0.15, 0.2) is 42.6 Å². The van der Waals surface area contributed by atoms with Gasteiger partial charge in [0.05, 0.1) is 12.1 Å². The Balaban J connectivity index is 2.10. The number of aromatic nitrogens is 2. The van der Waals surface area contributed by atoms with Crippen LogP contribution in [0.5, 0.6) is 0 Å². The van der Waals surface area contributed by atoms with Crippen LogP contribution in [0.2, 0.25) is 0 Å². The third kappa shape index (κ3) is 2.58. The van der Waals surface area contributed by atoms with E-state index in [-0.39, 0.29) is 5.91 Å². The number of carbonyl (C=O) groups is 1. The Labute approximate surface area is 135 Å². The SMILES string of the molecule is C#CCn1c(C)c(C)c2ccnc(NC(=O)c3ccccc3)c21. The minimum absolute atomic E-state index is 0.186. The fourth-order valence-electron chi connectivity index (χ4n) is 2.74. The molecule has 0 fully saturated rings. The summed E-state index contributed by atoms with van der Waals surface area (Å²) in [5.74, 6) is 3.01. The molecular weight excluding hydrogens is 286 g/mol. The van der Waals surface area contributed by atoms with Crippen molar-refractivity contribution in [3.63, 3.8) is 0 Å². The maximum atomic E-state index is 12.4. The molecule has 114 valence electrons. The summed E-state index contributed by atoms with van der Waals surface area (Å²) in [6.07, 6.45) is 7.20. The predicted octanol–water partition coefficient (Wildman–Crippen LogP) is 3.54. The van der Waals surface area contributed by atoms with Crippen LogP contribution in [0.1, 0.15) is 21.6 Å². The first-order valence-corrected chi connectivity index (χ1v) is 7.37. The molecular formula is C19H17N3O. The largest absolute Gasteiger partial charge is 0.330 e. The van der Waals surface area contributed by atoms with Gasteiger partial charge in [-0.25, -0.2) is 4.98 Å². The Bertz CT molecular complexity index is 917. The summed E-state index contributed by atoms with van der Waals surface area (Å²) in [5, 5.41) is 3.95. The summed E-state index contributed by atoms with van der Waals surface area (Å²) < 4.78 is 2.01. The van der Waals surface area contributed by atoms with Crippen LogP contribution >= 0.6 is 0 Å².